The van der Waals surface area contributed by atoms with Gasteiger partial charge < -0.3 is 10.6 Å². The van der Waals surface area contributed by atoms with Crippen molar-refractivity contribution in [3.05, 3.63) is 82.0 Å². The Bertz CT molecular complexity index is 1320. The minimum Gasteiger partial charge on any atom is -0.365 e. The molecule has 2 amide bonds. The molecule has 2 heterocycles. The van der Waals surface area contributed by atoms with E-state index in [0.29, 0.717) is 45.1 Å². The first-order valence-electron chi connectivity index (χ1n) is 9.60. The van der Waals surface area contributed by atoms with E-state index >= 15 is 0 Å². The van der Waals surface area contributed by atoms with E-state index in [4.69, 9.17) is 23.2 Å². The number of hydrogen-bond acceptors (Lipinski definition) is 5. The van der Waals surface area contributed by atoms with Crippen molar-refractivity contribution in [1.82, 2.24) is 14.6 Å². The number of imidazole rings is 1. The van der Waals surface area contributed by atoms with Gasteiger partial charge in [-0.3, -0.25) is 10.1 Å². The van der Waals surface area contributed by atoms with E-state index in [2.05, 4.69) is 26.0 Å². The van der Waals surface area contributed by atoms with E-state index in [1.54, 1.807) is 48.5 Å². The normalized spacial score (nSPS) is 10.7. The Morgan fingerprint density at radius 3 is 2.62 bits per heavy atom. The van der Waals surface area contributed by atoms with Gasteiger partial charge in [-0.15, -0.1) is 5.10 Å². The molecule has 4 aromatic rings. The average molecular weight is 469 g/mol. The van der Waals surface area contributed by atoms with Gasteiger partial charge in [0.25, 0.3) is 0 Å². The molecule has 2 aromatic heterocycles. The van der Waals surface area contributed by atoms with Crippen LogP contribution in [0.1, 0.15) is 22.8 Å². The number of nitrogens with one attached hydrogen (secondary N) is 3. The second-order valence-corrected chi connectivity index (χ2v) is 7.76. The number of hydrogen-bond donors (Lipinski definition) is 3. The minimum atomic E-state index is -0.483. The number of amides is 2. The highest BCUT2D eigenvalue weighted by molar-refractivity contribution is 6.42. The number of ketones is 1. The van der Waals surface area contributed by atoms with Crippen LogP contribution in [0.15, 0.2) is 60.8 Å². The summed E-state index contributed by atoms with van der Waals surface area (Å²) in [4.78, 5) is 28.2. The first-order chi connectivity index (χ1) is 15.4. The number of fused-ring (bicyclic) bond motifs is 1. The largest absolute Gasteiger partial charge is 0.365 e. The van der Waals surface area contributed by atoms with Gasteiger partial charge in [-0.25, -0.2) is 9.78 Å². The van der Waals surface area contributed by atoms with Gasteiger partial charge in [0, 0.05) is 17.8 Å². The lowest BCUT2D eigenvalue weighted by atomic mass is 10.1. The Labute approximate surface area is 193 Å². The number of carbonyl (C=O) groups excluding carboxylic acids is 2. The number of urea groups is 1. The summed E-state index contributed by atoms with van der Waals surface area (Å²) in [6.45, 7) is 1.95. The lowest BCUT2D eigenvalue weighted by Crippen LogP contribution is -2.21. The molecule has 32 heavy (non-hydrogen) atoms. The van der Waals surface area contributed by atoms with E-state index in [1.807, 2.05) is 6.07 Å². The molecule has 0 aliphatic carbocycles. The SMILES string of the molecule is CC(=O)c1cccc(NC(=O)Nc2cnc3ccc(NCc4ccc(Cl)c(Cl)c4)nn23)c1. The van der Waals surface area contributed by atoms with Crippen molar-refractivity contribution in [2.24, 2.45) is 0 Å². The van der Waals surface area contributed by atoms with Crippen LogP contribution in [-0.2, 0) is 6.54 Å². The molecule has 0 aliphatic rings. The number of nitrogens with zero attached hydrogens (tertiary/aromatic N) is 3. The second kappa shape index (κ2) is 9.25. The van der Waals surface area contributed by atoms with Gasteiger partial charge in [0.1, 0.15) is 5.82 Å². The van der Waals surface area contributed by atoms with E-state index < -0.39 is 6.03 Å². The summed E-state index contributed by atoms with van der Waals surface area (Å²) in [5, 5.41) is 14.1. The number of halogens is 2. The number of rotatable bonds is 6. The van der Waals surface area contributed by atoms with Crippen molar-refractivity contribution < 1.29 is 9.59 Å². The Morgan fingerprint density at radius 2 is 1.84 bits per heavy atom. The Hall–Kier alpha value is -3.62. The van der Waals surface area contributed by atoms with Crippen LogP contribution >= 0.6 is 23.2 Å². The van der Waals surface area contributed by atoms with Crippen LogP contribution < -0.4 is 16.0 Å². The van der Waals surface area contributed by atoms with Crippen LogP contribution in [0.3, 0.4) is 0 Å². The third-order valence-corrected chi connectivity index (χ3v) is 5.33. The fraction of sp³-hybridized carbons (Fsp3) is 0.0909. The molecule has 2 aromatic carbocycles. The molecule has 0 spiro atoms. The van der Waals surface area contributed by atoms with Crippen molar-refractivity contribution in [3.63, 3.8) is 0 Å². The lowest BCUT2D eigenvalue weighted by Gasteiger charge is -2.09. The molecule has 8 nitrogen and oxygen atoms in total. The van der Waals surface area contributed by atoms with Gasteiger partial charge in [0.15, 0.2) is 17.2 Å². The Morgan fingerprint density at radius 1 is 1.00 bits per heavy atom. The zero-order chi connectivity index (χ0) is 22.7. The summed E-state index contributed by atoms with van der Waals surface area (Å²) >= 11 is 12.0. The fourth-order valence-corrected chi connectivity index (χ4v) is 3.31. The van der Waals surface area contributed by atoms with Crippen LogP contribution in [0.5, 0.6) is 0 Å². The quantitative estimate of drug-likeness (QED) is 0.324. The molecule has 10 heteroatoms. The molecule has 0 saturated heterocycles. The summed E-state index contributed by atoms with van der Waals surface area (Å²) in [5.41, 5.74) is 2.52. The van der Waals surface area contributed by atoms with Gasteiger partial charge in [-0.05, 0) is 48.9 Å². The van der Waals surface area contributed by atoms with E-state index in [9.17, 15) is 9.59 Å². The van der Waals surface area contributed by atoms with Crippen LogP contribution in [0.4, 0.5) is 22.1 Å². The maximum atomic E-state index is 12.4. The molecule has 0 unspecified atom stereocenters. The molecule has 0 fully saturated rings. The van der Waals surface area contributed by atoms with Crippen molar-refractivity contribution in [2.75, 3.05) is 16.0 Å². The molecule has 0 bridgehead atoms. The molecule has 0 radical (unpaired) electrons. The monoisotopic (exact) mass is 468 g/mol. The molecular weight excluding hydrogens is 451 g/mol. The first-order valence-corrected chi connectivity index (χ1v) is 10.4. The summed E-state index contributed by atoms with van der Waals surface area (Å²) in [5.74, 6) is 0.888. The standard InChI is InChI=1S/C22H18Cl2N6O2/c1-13(31)15-3-2-4-16(10-15)27-22(32)28-21-12-26-20-8-7-19(29-30(20)21)25-11-14-5-6-17(23)18(24)9-14/h2-10,12H,11H2,1H3,(H,25,29)(H2,27,28,32). The average Bonchev–Trinajstić information content (AvgIpc) is 3.16. The summed E-state index contributed by atoms with van der Waals surface area (Å²) in [7, 11) is 0. The van der Waals surface area contributed by atoms with Crippen molar-refractivity contribution in [2.45, 2.75) is 13.5 Å². The smallest absolute Gasteiger partial charge is 0.324 e. The van der Waals surface area contributed by atoms with Crippen LogP contribution in [0.2, 0.25) is 10.0 Å². The van der Waals surface area contributed by atoms with Crippen molar-refractivity contribution in [1.29, 1.82) is 0 Å². The van der Waals surface area contributed by atoms with Gasteiger partial charge in [0.05, 0.1) is 16.2 Å². The van der Waals surface area contributed by atoms with Crippen molar-refractivity contribution in [3.8, 4) is 0 Å². The number of anilines is 3. The molecule has 0 atom stereocenters. The highest BCUT2D eigenvalue weighted by Gasteiger charge is 2.10. The van der Waals surface area contributed by atoms with Gasteiger partial charge in [-0.2, -0.15) is 4.52 Å². The van der Waals surface area contributed by atoms with Crippen molar-refractivity contribution >= 4 is 58.0 Å². The minimum absolute atomic E-state index is 0.0825. The zero-order valence-corrected chi connectivity index (χ0v) is 18.4. The number of Topliss-reactive ketones (excluding diaryl/α,β-unsaturated/α-hetero) is 1. The number of carbonyl (C=O) groups is 2. The number of aromatic nitrogens is 3. The Balaban J connectivity index is 1.46. The zero-order valence-electron chi connectivity index (χ0n) is 16.9. The predicted octanol–water partition coefficient (Wildman–Crippen LogP) is 5.49. The molecule has 0 aliphatic heterocycles. The van der Waals surface area contributed by atoms with Crippen LogP contribution in [0.25, 0.3) is 5.65 Å². The topological polar surface area (TPSA) is 100 Å². The third-order valence-electron chi connectivity index (χ3n) is 4.59. The van der Waals surface area contributed by atoms with Gasteiger partial charge >= 0.3 is 6.03 Å². The molecule has 3 N–H and O–H groups in total. The molecule has 162 valence electrons. The highest BCUT2D eigenvalue weighted by Crippen LogP contribution is 2.23. The van der Waals surface area contributed by atoms with E-state index in [0.717, 1.165) is 5.56 Å². The molecule has 0 saturated carbocycles. The molecular formula is C22H18Cl2N6O2. The van der Waals surface area contributed by atoms with Crippen LogP contribution in [0, 0.1) is 0 Å². The lowest BCUT2D eigenvalue weighted by molar-refractivity contribution is 0.101. The van der Waals surface area contributed by atoms with Gasteiger partial charge in [0.2, 0.25) is 0 Å². The Kier molecular flexibility index (Phi) is 6.25. The van der Waals surface area contributed by atoms with Crippen LogP contribution in [-0.4, -0.2) is 26.4 Å². The maximum Gasteiger partial charge on any atom is 0.324 e. The fourth-order valence-electron chi connectivity index (χ4n) is 2.99. The summed E-state index contributed by atoms with van der Waals surface area (Å²) in [6.07, 6.45) is 1.51. The maximum absolute atomic E-state index is 12.4. The first kappa shape index (κ1) is 21.6. The van der Waals surface area contributed by atoms with Gasteiger partial charge in [-0.1, -0.05) is 41.4 Å². The predicted molar refractivity (Wildman–Crippen MR) is 126 cm³/mol. The third kappa shape index (κ3) is 4.99. The highest BCUT2D eigenvalue weighted by atomic mass is 35.5. The summed E-state index contributed by atoms with van der Waals surface area (Å²) < 4.78 is 1.52. The van der Waals surface area contributed by atoms with E-state index in [-0.39, 0.29) is 5.78 Å². The number of benzene rings is 2. The van der Waals surface area contributed by atoms with E-state index in [1.165, 1.54) is 17.6 Å². The second-order valence-electron chi connectivity index (χ2n) is 6.95. The molecule has 4 rings (SSSR count). The summed E-state index contributed by atoms with van der Waals surface area (Å²) in [6, 6.07) is 15.2.